The number of aromatic nitrogens is 7. The molecule has 5 heterocycles. The molecule has 0 saturated carbocycles. The molecule has 0 bridgehead atoms. The second kappa shape index (κ2) is 19.8. The minimum absolute atomic E-state index is 0.510. The molecular weight excluding hydrogens is 1070 g/mol. The van der Waals surface area contributed by atoms with Crippen LogP contribution < -0.4 is 0 Å². The molecule has 410 valence electrons. The lowest BCUT2D eigenvalue weighted by Gasteiger charge is -2.16. The molecule has 0 atom stereocenters. The third-order valence-electron chi connectivity index (χ3n) is 17.9. The van der Waals surface area contributed by atoms with Gasteiger partial charge in [-0.2, -0.15) is 15.0 Å². The standard InChI is InChI=1S/C81H51N7/c1-5-21-52(22-6-1)54-41-46-69(70(47-54)53-23-7-2-8-24-53)79-82-80(87-73-35-19-15-31-63(73)67-44-39-57(50-77(67)87)55-37-42-65-61-29-13-17-33-71(61)85(75(65)48-55)59-25-9-3-10-26-59)84-81(83-79)88-74-36-20-16-32-64(74)68-45-40-58(51-78(68)88)56-38-43-66-62-30-14-18-34-72(62)86(76(66)49-56)60-27-11-4-12-28-60/h1-51H. The fourth-order valence-corrected chi connectivity index (χ4v) is 13.8. The maximum Gasteiger partial charge on any atom is 0.240 e. The molecule has 18 rings (SSSR count). The van der Waals surface area contributed by atoms with Crippen molar-refractivity contribution in [2.24, 2.45) is 0 Å². The van der Waals surface area contributed by atoms with E-state index >= 15 is 0 Å². The van der Waals surface area contributed by atoms with Crippen LogP contribution in [0.1, 0.15) is 0 Å². The Hall–Kier alpha value is -11.9. The summed E-state index contributed by atoms with van der Waals surface area (Å²) in [6.07, 6.45) is 0. The van der Waals surface area contributed by atoms with Crippen molar-refractivity contribution in [2.75, 3.05) is 0 Å². The molecule has 0 aliphatic carbocycles. The average Bonchev–Trinajstić information content (AvgIpc) is 2.19. The molecule has 0 saturated heterocycles. The second-order valence-electron chi connectivity index (χ2n) is 22.8. The molecule has 7 heteroatoms. The van der Waals surface area contributed by atoms with E-state index in [-0.39, 0.29) is 0 Å². The van der Waals surface area contributed by atoms with Gasteiger partial charge in [0.25, 0.3) is 0 Å². The van der Waals surface area contributed by atoms with Crippen molar-refractivity contribution in [3.05, 3.63) is 309 Å². The molecule has 0 N–H and O–H groups in total. The molecule has 0 radical (unpaired) electrons. The van der Waals surface area contributed by atoms with Crippen molar-refractivity contribution in [3.63, 3.8) is 0 Å². The van der Waals surface area contributed by atoms with Gasteiger partial charge in [0.05, 0.1) is 44.1 Å². The van der Waals surface area contributed by atoms with Crippen molar-refractivity contribution in [1.29, 1.82) is 0 Å². The maximum absolute atomic E-state index is 5.73. The topological polar surface area (TPSA) is 58.4 Å². The van der Waals surface area contributed by atoms with Gasteiger partial charge in [-0.05, 0) is 129 Å². The number of hydrogen-bond donors (Lipinski definition) is 0. The summed E-state index contributed by atoms with van der Waals surface area (Å²) >= 11 is 0. The predicted molar refractivity (Wildman–Crippen MR) is 364 cm³/mol. The Morgan fingerprint density at radius 2 is 0.477 bits per heavy atom. The molecular formula is C81H51N7. The van der Waals surface area contributed by atoms with E-state index in [1.165, 1.54) is 32.6 Å². The lowest BCUT2D eigenvalue weighted by Crippen LogP contribution is -2.10. The predicted octanol–water partition coefficient (Wildman–Crippen LogP) is 20.6. The summed E-state index contributed by atoms with van der Waals surface area (Å²) in [5.41, 5.74) is 20.4. The van der Waals surface area contributed by atoms with E-state index in [4.69, 9.17) is 15.0 Å². The minimum atomic E-state index is 0.510. The minimum Gasteiger partial charge on any atom is -0.309 e. The molecule has 0 unspecified atom stereocenters. The van der Waals surface area contributed by atoms with Crippen LogP contribution >= 0.6 is 0 Å². The van der Waals surface area contributed by atoms with Gasteiger partial charge >= 0.3 is 0 Å². The van der Waals surface area contributed by atoms with Gasteiger partial charge in [0.2, 0.25) is 11.9 Å². The summed E-state index contributed by atoms with van der Waals surface area (Å²) in [4.78, 5) is 17.1. The summed E-state index contributed by atoms with van der Waals surface area (Å²) in [7, 11) is 0. The third-order valence-corrected chi connectivity index (χ3v) is 17.9. The molecule has 0 fully saturated rings. The number of para-hydroxylation sites is 6. The Morgan fingerprint density at radius 1 is 0.182 bits per heavy atom. The first kappa shape index (κ1) is 49.5. The highest BCUT2D eigenvalue weighted by Crippen LogP contribution is 2.42. The molecule has 0 aliphatic rings. The molecule has 0 amide bonds. The average molecular weight is 1120 g/mol. The number of rotatable bonds is 9. The largest absolute Gasteiger partial charge is 0.309 e. The van der Waals surface area contributed by atoms with E-state index in [2.05, 4.69) is 328 Å². The monoisotopic (exact) mass is 1120 g/mol. The van der Waals surface area contributed by atoms with Crippen molar-refractivity contribution < 1.29 is 0 Å². The number of benzene rings is 13. The zero-order chi connectivity index (χ0) is 57.8. The zero-order valence-electron chi connectivity index (χ0n) is 47.6. The smallest absolute Gasteiger partial charge is 0.240 e. The lowest BCUT2D eigenvalue weighted by molar-refractivity contribution is 0.893. The van der Waals surface area contributed by atoms with Crippen LogP contribution in [0.4, 0.5) is 0 Å². The Kier molecular flexibility index (Phi) is 11.2. The summed E-state index contributed by atoms with van der Waals surface area (Å²) in [5.74, 6) is 1.58. The second-order valence-corrected chi connectivity index (χ2v) is 22.8. The van der Waals surface area contributed by atoms with Crippen LogP contribution in [0.15, 0.2) is 309 Å². The SMILES string of the molecule is c1ccc(-c2ccc(-c3nc(-n4c5ccccc5c5ccc(-c6ccc7c8ccccc8n(-c8ccccc8)c7c6)cc54)nc(-n4c5ccccc5c5ccc(-c6ccc7c8ccccc8n(-c8ccccc8)c7c6)cc54)n3)c(-c3ccccc3)c2)cc1. The van der Waals surface area contributed by atoms with E-state index in [9.17, 15) is 0 Å². The van der Waals surface area contributed by atoms with Crippen molar-refractivity contribution in [2.45, 2.75) is 0 Å². The Balaban J connectivity index is 0.887. The number of fused-ring (bicyclic) bond motifs is 12. The van der Waals surface area contributed by atoms with Crippen molar-refractivity contribution >= 4 is 87.2 Å². The molecule has 0 aliphatic heterocycles. The number of hydrogen-bond acceptors (Lipinski definition) is 3. The Morgan fingerprint density at radius 3 is 0.875 bits per heavy atom. The maximum atomic E-state index is 5.73. The van der Waals surface area contributed by atoms with Crippen LogP contribution in [0.5, 0.6) is 0 Å². The Labute approximate surface area is 506 Å². The normalized spacial score (nSPS) is 11.9. The fourth-order valence-electron chi connectivity index (χ4n) is 13.8. The van der Waals surface area contributed by atoms with E-state index in [0.717, 1.165) is 116 Å². The van der Waals surface area contributed by atoms with E-state index in [0.29, 0.717) is 17.7 Å². The summed E-state index contributed by atoms with van der Waals surface area (Å²) in [6.45, 7) is 0. The first-order valence-corrected chi connectivity index (χ1v) is 29.9. The van der Waals surface area contributed by atoms with Crippen LogP contribution in [0.3, 0.4) is 0 Å². The molecule has 13 aromatic carbocycles. The summed E-state index contributed by atoms with van der Waals surface area (Å²) in [5, 5.41) is 9.27. The van der Waals surface area contributed by atoms with E-state index in [1.54, 1.807) is 0 Å². The first-order chi connectivity index (χ1) is 43.6. The van der Waals surface area contributed by atoms with Gasteiger partial charge in [0.1, 0.15) is 0 Å². The highest BCUT2D eigenvalue weighted by atomic mass is 15.3. The van der Waals surface area contributed by atoms with Gasteiger partial charge in [-0.25, -0.2) is 0 Å². The zero-order valence-corrected chi connectivity index (χ0v) is 47.6. The van der Waals surface area contributed by atoms with Crippen LogP contribution in [-0.4, -0.2) is 33.2 Å². The highest BCUT2D eigenvalue weighted by molar-refractivity contribution is 6.14. The van der Waals surface area contributed by atoms with Gasteiger partial charge < -0.3 is 9.13 Å². The van der Waals surface area contributed by atoms with Gasteiger partial charge in [0.15, 0.2) is 5.82 Å². The summed E-state index contributed by atoms with van der Waals surface area (Å²) < 4.78 is 9.28. The van der Waals surface area contributed by atoms with Gasteiger partial charge in [-0.3, -0.25) is 9.13 Å². The quantitative estimate of drug-likeness (QED) is 0.145. The van der Waals surface area contributed by atoms with Crippen LogP contribution in [0, 0.1) is 0 Å². The molecule has 0 spiro atoms. The number of nitrogens with zero attached hydrogens (tertiary/aromatic N) is 7. The van der Waals surface area contributed by atoms with Gasteiger partial charge in [-0.1, -0.05) is 224 Å². The summed E-state index contributed by atoms with van der Waals surface area (Å²) in [6, 6.07) is 111. The fraction of sp³-hybridized carbons (Fsp3) is 0. The molecule has 18 aromatic rings. The van der Waals surface area contributed by atoms with E-state index in [1.807, 2.05) is 0 Å². The lowest BCUT2D eigenvalue weighted by atomic mass is 9.94. The third kappa shape index (κ3) is 7.81. The molecule has 5 aromatic heterocycles. The van der Waals surface area contributed by atoms with Crippen molar-refractivity contribution in [1.82, 2.24) is 33.2 Å². The van der Waals surface area contributed by atoms with E-state index < -0.39 is 0 Å². The first-order valence-electron chi connectivity index (χ1n) is 29.9. The van der Waals surface area contributed by atoms with Crippen molar-refractivity contribution in [3.8, 4) is 79.2 Å². The molecule has 88 heavy (non-hydrogen) atoms. The Bertz CT molecular complexity index is 5500. The van der Waals surface area contributed by atoms with Gasteiger partial charge in [0, 0.05) is 60.0 Å². The van der Waals surface area contributed by atoms with Gasteiger partial charge in [-0.15, -0.1) is 0 Å². The highest BCUT2D eigenvalue weighted by Gasteiger charge is 2.24. The van der Waals surface area contributed by atoms with Crippen LogP contribution in [0.2, 0.25) is 0 Å². The van der Waals surface area contributed by atoms with Crippen LogP contribution in [0.25, 0.3) is 166 Å². The van der Waals surface area contributed by atoms with Crippen LogP contribution in [-0.2, 0) is 0 Å². The molecule has 7 nitrogen and oxygen atoms in total.